The van der Waals surface area contributed by atoms with Crippen molar-refractivity contribution in [3.05, 3.63) is 41.2 Å². The zero-order chi connectivity index (χ0) is 24.7. The quantitative estimate of drug-likeness (QED) is 0.557. The second-order valence-electron chi connectivity index (χ2n) is 8.59. The molecule has 1 saturated heterocycles. The number of nitrogens with two attached hydrogens (primary N) is 2. The summed E-state index contributed by atoms with van der Waals surface area (Å²) in [5, 5.41) is 11.2. The Kier molecular flexibility index (Phi) is 5.74. The summed E-state index contributed by atoms with van der Waals surface area (Å²) in [6.07, 6.45) is 0.110. The standard InChI is InChI=1S/C24H25FN8O2/c1-35-11-10-33-18(34)12-16-19-17(13-26)23(29-21(27)20(19)22(28)30-24(16)33)32-8-6-31(7-9-32)15-4-2-14(25)3-5-15/h2-5H,6-12H2,1H3,(H2,27,29)(H2,28,30)/p+1. The molecule has 0 aliphatic carbocycles. The Morgan fingerprint density at radius 1 is 1.14 bits per heavy atom. The SMILES string of the molecule is COCCN1C(=O)Cc2c1nc(N)c1c(N)[nH+]c(N3CCN(c4ccc(F)cc4)CC3)c(C#N)c21. The molecule has 11 heteroatoms. The summed E-state index contributed by atoms with van der Waals surface area (Å²) < 4.78 is 18.4. The van der Waals surface area contributed by atoms with Gasteiger partial charge in [-0.3, -0.25) is 14.6 Å². The number of rotatable bonds is 5. The zero-order valence-corrected chi connectivity index (χ0v) is 19.3. The number of nitriles is 1. The van der Waals surface area contributed by atoms with Gasteiger partial charge in [0.2, 0.25) is 17.5 Å². The first-order valence-corrected chi connectivity index (χ1v) is 11.3. The topological polar surface area (TPSA) is 139 Å². The highest BCUT2D eigenvalue weighted by molar-refractivity contribution is 6.12. The molecule has 1 amide bonds. The van der Waals surface area contributed by atoms with Gasteiger partial charge in [0.05, 0.1) is 38.0 Å². The lowest BCUT2D eigenvalue weighted by atomic mass is 10.00. The van der Waals surface area contributed by atoms with Gasteiger partial charge in [0, 0.05) is 36.8 Å². The highest BCUT2D eigenvalue weighted by atomic mass is 19.1. The maximum atomic E-state index is 13.3. The number of piperazine rings is 1. The minimum absolute atomic E-state index is 0.110. The molecule has 35 heavy (non-hydrogen) atoms. The van der Waals surface area contributed by atoms with Crippen LogP contribution in [0.1, 0.15) is 11.1 Å². The number of hydrogen-bond acceptors (Lipinski definition) is 8. The molecule has 0 bridgehead atoms. The summed E-state index contributed by atoms with van der Waals surface area (Å²) in [7, 11) is 1.57. The van der Waals surface area contributed by atoms with Crippen molar-refractivity contribution in [2.45, 2.75) is 6.42 Å². The predicted molar refractivity (Wildman–Crippen MR) is 131 cm³/mol. The number of ether oxygens (including phenoxy) is 1. The number of pyridine rings is 2. The number of amides is 1. The normalized spacial score (nSPS) is 15.6. The monoisotopic (exact) mass is 477 g/mol. The molecule has 0 unspecified atom stereocenters. The van der Waals surface area contributed by atoms with Crippen LogP contribution in [0.3, 0.4) is 0 Å². The molecule has 2 aliphatic rings. The van der Waals surface area contributed by atoms with E-state index < -0.39 is 0 Å². The first-order valence-electron chi connectivity index (χ1n) is 11.3. The number of benzene rings is 1. The summed E-state index contributed by atoms with van der Waals surface area (Å²) in [5.74, 6) is 1.10. The molecule has 2 aliphatic heterocycles. The Labute approximate surface area is 201 Å². The van der Waals surface area contributed by atoms with E-state index in [2.05, 4.69) is 25.8 Å². The number of hydrogen-bond donors (Lipinski definition) is 2. The molecule has 4 heterocycles. The molecule has 1 fully saturated rings. The summed E-state index contributed by atoms with van der Waals surface area (Å²) in [6.45, 7) is 3.30. The minimum atomic E-state index is -0.271. The summed E-state index contributed by atoms with van der Waals surface area (Å²) in [4.78, 5) is 26.2. The Balaban J connectivity index is 1.54. The third kappa shape index (κ3) is 3.81. The van der Waals surface area contributed by atoms with E-state index in [0.717, 1.165) is 5.69 Å². The van der Waals surface area contributed by atoms with Crippen molar-refractivity contribution >= 4 is 45.6 Å². The van der Waals surface area contributed by atoms with Crippen molar-refractivity contribution < 1.29 is 18.9 Å². The molecule has 0 radical (unpaired) electrons. The maximum Gasteiger partial charge on any atom is 0.240 e. The van der Waals surface area contributed by atoms with Gasteiger partial charge in [-0.15, -0.1) is 0 Å². The van der Waals surface area contributed by atoms with E-state index in [-0.39, 0.29) is 24.0 Å². The average Bonchev–Trinajstić information content (AvgIpc) is 3.17. The number of H-pyrrole nitrogens is 1. The molecule has 0 spiro atoms. The number of nitrogen functional groups attached to an aromatic ring is 2. The molecule has 5 N–H and O–H groups in total. The molecule has 180 valence electrons. The molecule has 0 atom stereocenters. The first kappa shape index (κ1) is 22.6. The Bertz CT molecular complexity index is 1350. The Morgan fingerprint density at radius 3 is 2.49 bits per heavy atom. The Morgan fingerprint density at radius 2 is 1.83 bits per heavy atom. The lowest BCUT2D eigenvalue weighted by Gasteiger charge is -2.34. The fourth-order valence-corrected chi connectivity index (χ4v) is 4.90. The van der Waals surface area contributed by atoms with Gasteiger partial charge < -0.3 is 21.1 Å². The lowest BCUT2D eigenvalue weighted by Crippen LogP contribution is -2.48. The number of carbonyl (C=O) groups is 1. The molecular formula is C24H26FN8O2+. The van der Waals surface area contributed by atoms with Gasteiger partial charge in [-0.05, 0) is 24.3 Å². The predicted octanol–water partition coefficient (Wildman–Crippen LogP) is 1.09. The second kappa shape index (κ2) is 8.88. The van der Waals surface area contributed by atoms with Crippen LogP contribution in [0.15, 0.2) is 24.3 Å². The number of anilines is 5. The van der Waals surface area contributed by atoms with Crippen LogP contribution < -0.4 is 31.2 Å². The van der Waals surface area contributed by atoms with E-state index >= 15 is 0 Å². The number of carbonyl (C=O) groups excluding carboxylic acids is 1. The number of halogens is 1. The fourth-order valence-electron chi connectivity index (χ4n) is 4.90. The van der Waals surface area contributed by atoms with Gasteiger partial charge in [-0.2, -0.15) is 5.26 Å². The third-order valence-corrected chi connectivity index (χ3v) is 6.62. The van der Waals surface area contributed by atoms with Crippen LogP contribution >= 0.6 is 0 Å². The molecule has 0 saturated carbocycles. The summed E-state index contributed by atoms with van der Waals surface area (Å²) in [6, 6.07) is 8.74. The van der Waals surface area contributed by atoms with Crippen molar-refractivity contribution in [1.29, 1.82) is 5.26 Å². The molecule has 5 rings (SSSR count). The van der Waals surface area contributed by atoms with Gasteiger partial charge in [0.15, 0.2) is 0 Å². The molecule has 10 nitrogen and oxygen atoms in total. The van der Waals surface area contributed by atoms with Gasteiger partial charge in [-0.25, -0.2) is 14.4 Å². The van der Waals surface area contributed by atoms with E-state index in [0.29, 0.717) is 78.7 Å². The number of aromatic nitrogens is 2. The van der Waals surface area contributed by atoms with Gasteiger partial charge in [-0.1, -0.05) is 0 Å². The molecular weight excluding hydrogens is 451 g/mol. The maximum absolute atomic E-state index is 13.3. The van der Waals surface area contributed by atoms with Crippen molar-refractivity contribution in [2.24, 2.45) is 0 Å². The van der Waals surface area contributed by atoms with Crippen molar-refractivity contribution in [3.63, 3.8) is 0 Å². The lowest BCUT2D eigenvalue weighted by molar-refractivity contribution is -0.344. The van der Waals surface area contributed by atoms with Crippen LogP contribution in [-0.2, 0) is 16.0 Å². The first-order chi connectivity index (χ1) is 16.9. The average molecular weight is 478 g/mol. The Hall–Kier alpha value is -4.17. The highest BCUT2D eigenvalue weighted by Crippen LogP contribution is 2.40. The van der Waals surface area contributed by atoms with E-state index in [4.69, 9.17) is 16.2 Å². The number of nitrogens with zero attached hydrogens (tertiary/aromatic N) is 5. The minimum Gasteiger partial charge on any atom is -0.383 e. The van der Waals surface area contributed by atoms with Gasteiger partial charge in [0.25, 0.3) is 0 Å². The van der Waals surface area contributed by atoms with E-state index in [1.807, 2.05) is 0 Å². The molecule has 2 aromatic heterocycles. The number of aromatic amines is 1. The van der Waals surface area contributed by atoms with Crippen LogP contribution in [-0.4, -0.2) is 57.3 Å². The third-order valence-electron chi connectivity index (χ3n) is 6.62. The molecule has 3 aromatic rings. The van der Waals surface area contributed by atoms with Crippen molar-refractivity contribution in [2.75, 3.05) is 72.6 Å². The van der Waals surface area contributed by atoms with E-state index in [1.165, 1.54) is 12.1 Å². The summed E-state index contributed by atoms with van der Waals surface area (Å²) in [5.41, 5.74) is 14.6. The van der Waals surface area contributed by atoms with Crippen molar-refractivity contribution in [1.82, 2.24) is 4.98 Å². The van der Waals surface area contributed by atoms with Crippen LogP contribution in [0.5, 0.6) is 0 Å². The zero-order valence-electron chi connectivity index (χ0n) is 19.3. The number of nitrogens with one attached hydrogen (secondary N) is 1. The van der Waals surface area contributed by atoms with Crippen molar-refractivity contribution in [3.8, 4) is 6.07 Å². The van der Waals surface area contributed by atoms with Crippen LogP contribution in [0, 0.1) is 17.1 Å². The van der Waals surface area contributed by atoms with Gasteiger partial charge >= 0.3 is 0 Å². The number of methoxy groups -OCH3 is 1. The smallest absolute Gasteiger partial charge is 0.240 e. The second-order valence-corrected chi connectivity index (χ2v) is 8.59. The van der Waals surface area contributed by atoms with Crippen LogP contribution in [0.4, 0.5) is 33.3 Å². The highest BCUT2D eigenvalue weighted by Gasteiger charge is 2.36. The van der Waals surface area contributed by atoms with Crippen LogP contribution in [0.2, 0.25) is 0 Å². The number of fused-ring (bicyclic) bond motifs is 3. The van der Waals surface area contributed by atoms with E-state index in [9.17, 15) is 14.4 Å². The van der Waals surface area contributed by atoms with Gasteiger partial charge in [0.1, 0.15) is 29.1 Å². The summed E-state index contributed by atoms with van der Waals surface area (Å²) >= 11 is 0. The fraction of sp³-hybridized carbons (Fsp3) is 0.333. The largest absolute Gasteiger partial charge is 0.383 e. The molecule has 1 aromatic carbocycles. The van der Waals surface area contributed by atoms with E-state index in [1.54, 1.807) is 24.1 Å². The van der Waals surface area contributed by atoms with Crippen LogP contribution in [0.25, 0.3) is 10.8 Å².